The second-order valence-electron chi connectivity index (χ2n) is 6.55. The number of carbonyl (C=O) groups excluding carboxylic acids is 2. The number of amides is 2. The molecule has 1 aliphatic heterocycles. The number of morpholine rings is 1. The molecule has 1 fully saturated rings. The molecular weight excluding hydrogens is 380 g/mol. The van der Waals surface area contributed by atoms with Crippen molar-refractivity contribution in [1.82, 2.24) is 15.2 Å². The summed E-state index contributed by atoms with van der Waals surface area (Å²) in [6, 6.07) is 6.77. The lowest BCUT2D eigenvalue weighted by Gasteiger charge is -2.26. The fourth-order valence-corrected chi connectivity index (χ4v) is 3.11. The molecule has 0 aliphatic carbocycles. The first-order chi connectivity index (χ1) is 13.5. The van der Waals surface area contributed by atoms with Gasteiger partial charge in [0, 0.05) is 49.8 Å². The molecule has 2 heterocycles. The zero-order valence-corrected chi connectivity index (χ0v) is 16.5. The summed E-state index contributed by atoms with van der Waals surface area (Å²) >= 11 is 6.03. The Bertz CT molecular complexity index is 853. The Morgan fingerprint density at radius 1 is 1.21 bits per heavy atom. The summed E-state index contributed by atoms with van der Waals surface area (Å²) in [4.78, 5) is 31.1. The van der Waals surface area contributed by atoms with Crippen molar-refractivity contribution in [2.75, 3.05) is 44.7 Å². The van der Waals surface area contributed by atoms with E-state index in [2.05, 4.69) is 20.5 Å². The van der Waals surface area contributed by atoms with Crippen LogP contribution < -0.4 is 10.6 Å². The minimum Gasteiger partial charge on any atom is -0.379 e. The Hall–Kier alpha value is -2.48. The quantitative estimate of drug-likeness (QED) is 0.775. The SMILES string of the molecule is Cc1ccc(C(=O)NCCN2CCOCC2)cc1NC(=O)c1ccncc1Cl. The van der Waals surface area contributed by atoms with E-state index in [1.54, 1.807) is 24.3 Å². The number of hydrogen-bond acceptors (Lipinski definition) is 5. The molecular formula is C20H23ClN4O3. The average molecular weight is 403 g/mol. The van der Waals surface area contributed by atoms with Crippen LogP contribution in [-0.2, 0) is 4.74 Å². The number of aryl methyl sites for hydroxylation is 1. The first-order valence-corrected chi connectivity index (χ1v) is 9.52. The zero-order valence-electron chi connectivity index (χ0n) is 15.7. The summed E-state index contributed by atoms with van der Waals surface area (Å²) in [6.45, 7) is 6.44. The monoisotopic (exact) mass is 402 g/mol. The minimum atomic E-state index is -0.347. The number of nitrogens with zero attached hydrogens (tertiary/aromatic N) is 2. The zero-order chi connectivity index (χ0) is 19.9. The lowest BCUT2D eigenvalue weighted by molar-refractivity contribution is 0.0383. The Balaban J connectivity index is 1.61. The van der Waals surface area contributed by atoms with Crippen molar-refractivity contribution < 1.29 is 14.3 Å². The van der Waals surface area contributed by atoms with Crippen molar-refractivity contribution in [2.24, 2.45) is 0 Å². The molecule has 1 aromatic heterocycles. The Morgan fingerprint density at radius 3 is 2.75 bits per heavy atom. The lowest BCUT2D eigenvalue weighted by Crippen LogP contribution is -2.41. The predicted molar refractivity (Wildman–Crippen MR) is 108 cm³/mol. The second kappa shape index (κ2) is 9.64. The van der Waals surface area contributed by atoms with Crippen molar-refractivity contribution in [3.63, 3.8) is 0 Å². The Kier molecular flexibility index (Phi) is 6.97. The van der Waals surface area contributed by atoms with Crippen LogP contribution in [0.2, 0.25) is 5.02 Å². The van der Waals surface area contributed by atoms with Crippen molar-refractivity contribution in [1.29, 1.82) is 0 Å². The fourth-order valence-electron chi connectivity index (χ4n) is 2.90. The third kappa shape index (κ3) is 5.28. The van der Waals surface area contributed by atoms with Gasteiger partial charge in [0.05, 0.1) is 23.8 Å². The number of nitrogens with one attached hydrogen (secondary N) is 2. The van der Waals surface area contributed by atoms with Crippen molar-refractivity contribution >= 4 is 29.1 Å². The molecule has 148 valence electrons. The van der Waals surface area contributed by atoms with Gasteiger partial charge in [-0.2, -0.15) is 0 Å². The van der Waals surface area contributed by atoms with Gasteiger partial charge in [0.2, 0.25) is 0 Å². The van der Waals surface area contributed by atoms with Crippen LogP contribution in [0.4, 0.5) is 5.69 Å². The molecule has 1 aromatic carbocycles. The number of rotatable bonds is 6. The van der Waals surface area contributed by atoms with E-state index in [1.807, 2.05) is 6.92 Å². The first-order valence-electron chi connectivity index (χ1n) is 9.14. The van der Waals surface area contributed by atoms with Gasteiger partial charge in [-0.3, -0.25) is 19.5 Å². The molecule has 3 rings (SSSR count). The summed E-state index contributed by atoms with van der Waals surface area (Å²) < 4.78 is 5.32. The van der Waals surface area contributed by atoms with E-state index in [4.69, 9.17) is 16.3 Å². The van der Waals surface area contributed by atoms with E-state index in [-0.39, 0.29) is 16.8 Å². The molecule has 2 N–H and O–H groups in total. The highest BCUT2D eigenvalue weighted by atomic mass is 35.5. The summed E-state index contributed by atoms with van der Waals surface area (Å²) in [5.41, 5.74) is 2.24. The third-order valence-electron chi connectivity index (χ3n) is 4.58. The largest absolute Gasteiger partial charge is 0.379 e. The summed E-state index contributed by atoms with van der Waals surface area (Å²) in [6.07, 6.45) is 2.92. The van der Waals surface area contributed by atoms with Gasteiger partial charge in [-0.25, -0.2) is 0 Å². The Labute approximate surface area is 169 Å². The highest BCUT2D eigenvalue weighted by Gasteiger charge is 2.14. The van der Waals surface area contributed by atoms with E-state index in [0.29, 0.717) is 23.4 Å². The van der Waals surface area contributed by atoms with E-state index >= 15 is 0 Å². The molecule has 0 atom stereocenters. The highest BCUT2D eigenvalue weighted by molar-refractivity contribution is 6.34. The average Bonchev–Trinajstić information content (AvgIpc) is 2.70. The smallest absolute Gasteiger partial charge is 0.257 e. The molecule has 28 heavy (non-hydrogen) atoms. The molecule has 0 spiro atoms. The molecule has 2 aromatic rings. The van der Waals surface area contributed by atoms with Crippen LogP contribution in [0.15, 0.2) is 36.7 Å². The summed E-state index contributed by atoms with van der Waals surface area (Å²) in [5, 5.41) is 6.01. The molecule has 1 saturated heterocycles. The van der Waals surface area contributed by atoms with Gasteiger partial charge < -0.3 is 15.4 Å². The number of halogens is 1. The van der Waals surface area contributed by atoms with Gasteiger partial charge in [-0.1, -0.05) is 17.7 Å². The van der Waals surface area contributed by atoms with Gasteiger partial charge in [0.15, 0.2) is 0 Å². The van der Waals surface area contributed by atoms with Crippen LogP contribution in [-0.4, -0.2) is 61.1 Å². The van der Waals surface area contributed by atoms with Crippen LogP contribution in [0.3, 0.4) is 0 Å². The van der Waals surface area contributed by atoms with Gasteiger partial charge in [-0.15, -0.1) is 0 Å². The molecule has 2 amide bonds. The molecule has 0 radical (unpaired) electrons. The Morgan fingerprint density at radius 2 is 2.00 bits per heavy atom. The maximum atomic E-state index is 12.5. The molecule has 8 heteroatoms. The molecule has 1 aliphatic rings. The summed E-state index contributed by atoms with van der Waals surface area (Å²) in [5.74, 6) is -0.522. The van der Waals surface area contributed by atoms with E-state index in [1.165, 1.54) is 12.4 Å². The number of aromatic nitrogens is 1. The van der Waals surface area contributed by atoms with Gasteiger partial charge in [0.25, 0.3) is 11.8 Å². The van der Waals surface area contributed by atoms with Crippen LogP contribution in [0.1, 0.15) is 26.3 Å². The number of benzene rings is 1. The topological polar surface area (TPSA) is 83.6 Å². The summed E-state index contributed by atoms with van der Waals surface area (Å²) in [7, 11) is 0. The lowest BCUT2D eigenvalue weighted by atomic mass is 10.1. The number of pyridine rings is 1. The molecule has 0 unspecified atom stereocenters. The van der Waals surface area contributed by atoms with Gasteiger partial charge in [0.1, 0.15) is 0 Å². The highest BCUT2D eigenvalue weighted by Crippen LogP contribution is 2.20. The number of ether oxygens (including phenoxy) is 1. The van der Waals surface area contributed by atoms with E-state index in [0.717, 1.165) is 38.4 Å². The maximum absolute atomic E-state index is 12.5. The maximum Gasteiger partial charge on any atom is 0.257 e. The van der Waals surface area contributed by atoms with Crippen LogP contribution in [0.5, 0.6) is 0 Å². The predicted octanol–water partition coefficient (Wildman–Crippen LogP) is 2.36. The van der Waals surface area contributed by atoms with Crippen molar-refractivity contribution in [3.05, 3.63) is 58.4 Å². The minimum absolute atomic E-state index is 0.175. The number of hydrogen-bond donors (Lipinski definition) is 2. The fraction of sp³-hybridized carbons (Fsp3) is 0.350. The van der Waals surface area contributed by atoms with E-state index < -0.39 is 0 Å². The van der Waals surface area contributed by atoms with Gasteiger partial charge >= 0.3 is 0 Å². The standard InChI is InChI=1S/C20H23ClN4O3/c1-14-2-3-15(19(26)23-6-7-25-8-10-28-11-9-25)12-18(14)24-20(27)16-4-5-22-13-17(16)21/h2-5,12-13H,6-11H2,1H3,(H,23,26)(H,24,27). The second-order valence-corrected chi connectivity index (χ2v) is 6.96. The van der Waals surface area contributed by atoms with Crippen LogP contribution in [0.25, 0.3) is 0 Å². The number of carbonyl (C=O) groups is 2. The first kappa shape index (κ1) is 20.3. The molecule has 7 nitrogen and oxygen atoms in total. The van der Waals surface area contributed by atoms with E-state index in [9.17, 15) is 9.59 Å². The molecule has 0 bridgehead atoms. The van der Waals surface area contributed by atoms with Crippen LogP contribution >= 0.6 is 11.6 Å². The van der Waals surface area contributed by atoms with Crippen LogP contribution in [0, 0.1) is 6.92 Å². The third-order valence-corrected chi connectivity index (χ3v) is 4.88. The molecule has 0 saturated carbocycles. The van der Waals surface area contributed by atoms with Crippen molar-refractivity contribution in [3.8, 4) is 0 Å². The number of anilines is 1. The van der Waals surface area contributed by atoms with Crippen molar-refractivity contribution in [2.45, 2.75) is 6.92 Å². The van der Waals surface area contributed by atoms with Gasteiger partial charge in [-0.05, 0) is 30.7 Å². The normalized spacial score (nSPS) is 14.5.